The predicted molar refractivity (Wildman–Crippen MR) is 113 cm³/mol. The highest BCUT2D eigenvalue weighted by molar-refractivity contribution is 7.80. The zero-order chi connectivity index (χ0) is 20.3. The van der Waals surface area contributed by atoms with Crippen LogP contribution in [-0.2, 0) is 24.6 Å². The first-order valence-electron chi connectivity index (χ1n) is 9.36. The van der Waals surface area contributed by atoms with Gasteiger partial charge in [-0.15, -0.1) is 11.3 Å². The molecule has 3 rings (SSSR count). The fourth-order valence-corrected chi connectivity index (χ4v) is 5.02. The van der Waals surface area contributed by atoms with E-state index in [0.717, 1.165) is 31.2 Å². The SMILES string of the molecule is CCOC(=O)c1c(NC(=S)NC(=O)c2ccnn2C)sc2c1CCC(CC)C2. The zero-order valence-electron chi connectivity index (χ0n) is 16.2. The van der Waals surface area contributed by atoms with Gasteiger partial charge in [0.25, 0.3) is 5.91 Å². The molecule has 0 radical (unpaired) electrons. The van der Waals surface area contributed by atoms with Gasteiger partial charge in [0.2, 0.25) is 0 Å². The second kappa shape index (κ2) is 8.83. The number of anilines is 1. The fraction of sp³-hybridized carbons (Fsp3) is 0.474. The van der Waals surface area contributed by atoms with Crippen LogP contribution >= 0.6 is 23.6 Å². The first-order valence-corrected chi connectivity index (χ1v) is 10.6. The topological polar surface area (TPSA) is 85.2 Å². The van der Waals surface area contributed by atoms with Crippen LogP contribution in [0.5, 0.6) is 0 Å². The summed E-state index contributed by atoms with van der Waals surface area (Å²) in [6.07, 6.45) is 5.54. The summed E-state index contributed by atoms with van der Waals surface area (Å²) in [7, 11) is 1.68. The Bertz CT molecular complexity index is 903. The summed E-state index contributed by atoms with van der Waals surface area (Å²) in [6, 6.07) is 1.61. The Kier molecular flexibility index (Phi) is 6.46. The van der Waals surface area contributed by atoms with Crippen LogP contribution in [0.2, 0.25) is 0 Å². The molecule has 1 aliphatic rings. The first kappa shape index (κ1) is 20.5. The largest absolute Gasteiger partial charge is 0.462 e. The molecule has 2 heterocycles. The molecule has 0 bridgehead atoms. The van der Waals surface area contributed by atoms with Gasteiger partial charge in [-0.1, -0.05) is 13.3 Å². The highest BCUT2D eigenvalue weighted by Crippen LogP contribution is 2.40. The van der Waals surface area contributed by atoms with E-state index in [-0.39, 0.29) is 17.0 Å². The van der Waals surface area contributed by atoms with Gasteiger partial charge in [0.05, 0.1) is 12.2 Å². The highest BCUT2D eigenvalue weighted by atomic mass is 32.1. The van der Waals surface area contributed by atoms with Crippen LogP contribution in [0, 0.1) is 5.92 Å². The standard InChI is InChI=1S/C19H24N4O3S2/c1-4-11-6-7-12-14(10-11)28-17(15(12)18(25)26-5-2)22-19(27)21-16(24)13-8-9-20-23(13)3/h8-9,11H,4-7,10H2,1-3H3,(H2,21,22,24,27). The molecule has 0 spiro atoms. The molecule has 1 amide bonds. The maximum absolute atomic E-state index is 12.6. The molecular weight excluding hydrogens is 396 g/mol. The lowest BCUT2D eigenvalue weighted by Crippen LogP contribution is -2.35. The van der Waals surface area contributed by atoms with Crippen LogP contribution in [0.3, 0.4) is 0 Å². The van der Waals surface area contributed by atoms with E-state index < -0.39 is 0 Å². The van der Waals surface area contributed by atoms with E-state index in [4.69, 9.17) is 17.0 Å². The Morgan fingerprint density at radius 3 is 2.86 bits per heavy atom. The lowest BCUT2D eigenvalue weighted by Gasteiger charge is -2.21. The quantitative estimate of drug-likeness (QED) is 0.570. The summed E-state index contributed by atoms with van der Waals surface area (Å²) in [5.41, 5.74) is 2.00. The Morgan fingerprint density at radius 1 is 1.43 bits per heavy atom. The van der Waals surface area contributed by atoms with Gasteiger partial charge in [-0.3, -0.25) is 14.8 Å². The van der Waals surface area contributed by atoms with Gasteiger partial charge in [0.15, 0.2) is 5.11 Å². The van der Waals surface area contributed by atoms with Gasteiger partial charge < -0.3 is 10.1 Å². The van der Waals surface area contributed by atoms with Crippen molar-refractivity contribution < 1.29 is 14.3 Å². The van der Waals surface area contributed by atoms with E-state index >= 15 is 0 Å². The minimum atomic E-state index is -0.359. The molecule has 150 valence electrons. The minimum absolute atomic E-state index is 0.141. The number of aryl methyl sites for hydroxylation is 1. The van der Waals surface area contributed by atoms with E-state index in [0.29, 0.717) is 28.8 Å². The van der Waals surface area contributed by atoms with Crippen molar-refractivity contribution in [2.75, 3.05) is 11.9 Å². The monoisotopic (exact) mass is 420 g/mol. The van der Waals surface area contributed by atoms with Gasteiger partial charge in [-0.2, -0.15) is 5.10 Å². The number of thiophene rings is 1. The van der Waals surface area contributed by atoms with Crippen LogP contribution in [0.25, 0.3) is 0 Å². The second-order valence-electron chi connectivity index (χ2n) is 6.69. The van der Waals surface area contributed by atoms with Crippen LogP contribution in [0.4, 0.5) is 5.00 Å². The number of rotatable bonds is 5. The summed E-state index contributed by atoms with van der Waals surface area (Å²) < 4.78 is 6.74. The van der Waals surface area contributed by atoms with Gasteiger partial charge >= 0.3 is 5.97 Å². The molecule has 1 atom stereocenters. The van der Waals surface area contributed by atoms with Gasteiger partial charge in [0.1, 0.15) is 10.7 Å². The van der Waals surface area contributed by atoms with Crippen LogP contribution in [-0.4, -0.2) is 33.4 Å². The van der Waals surface area contributed by atoms with E-state index in [1.165, 1.54) is 20.9 Å². The van der Waals surface area contributed by atoms with E-state index in [9.17, 15) is 9.59 Å². The molecule has 0 fully saturated rings. The third-order valence-electron chi connectivity index (χ3n) is 4.93. The number of thiocarbonyl (C=S) groups is 1. The summed E-state index contributed by atoms with van der Waals surface area (Å²) >= 11 is 6.83. The molecule has 7 nitrogen and oxygen atoms in total. The molecular formula is C19H24N4O3S2. The van der Waals surface area contributed by atoms with Crippen molar-refractivity contribution in [2.45, 2.75) is 39.5 Å². The number of hydrogen-bond acceptors (Lipinski definition) is 6. The Hall–Kier alpha value is -2.26. The normalized spacial score (nSPS) is 15.6. The third kappa shape index (κ3) is 4.25. The molecule has 0 aliphatic heterocycles. The number of ether oxygens (including phenoxy) is 1. The first-order chi connectivity index (χ1) is 13.4. The Balaban J connectivity index is 1.81. The summed E-state index contributed by atoms with van der Waals surface area (Å²) in [5, 5.41) is 10.4. The van der Waals surface area contributed by atoms with Crippen molar-refractivity contribution in [2.24, 2.45) is 13.0 Å². The average Bonchev–Trinajstić information content (AvgIpc) is 3.23. The van der Waals surface area contributed by atoms with Crippen molar-refractivity contribution in [3.63, 3.8) is 0 Å². The number of aromatic nitrogens is 2. The van der Waals surface area contributed by atoms with Crippen LogP contribution < -0.4 is 10.6 Å². The third-order valence-corrected chi connectivity index (χ3v) is 6.31. The van der Waals surface area contributed by atoms with E-state index in [2.05, 4.69) is 22.7 Å². The molecule has 28 heavy (non-hydrogen) atoms. The molecule has 1 unspecified atom stereocenters. The summed E-state index contributed by atoms with van der Waals surface area (Å²) in [6.45, 7) is 4.29. The zero-order valence-corrected chi connectivity index (χ0v) is 17.8. The van der Waals surface area contributed by atoms with Crippen LogP contribution in [0.15, 0.2) is 12.3 Å². The average molecular weight is 421 g/mol. The van der Waals surface area contributed by atoms with E-state index in [1.807, 2.05) is 0 Å². The number of nitrogens with one attached hydrogen (secondary N) is 2. The molecule has 0 aromatic carbocycles. The highest BCUT2D eigenvalue weighted by Gasteiger charge is 2.29. The molecule has 2 aromatic rings. The predicted octanol–water partition coefficient (Wildman–Crippen LogP) is 3.30. The van der Waals surface area contributed by atoms with Crippen LogP contribution in [0.1, 0.15) is 58.0 Å². The smallest absolute Gasteiger partial charge is 0.341 e. The second-order valence-corrected chi connectivity index (χ2v) is 8.21. The number of fused-ring (bicyclic) bond motifs is 1. The number of hydrogen-bond donors (Lipinski definition) is 2. The maximum atomic E-state index is 12.6. The molecule has 9 heteroatoms. The fourth-order valence-electron chi connectivity index (χ4n) is 3.41. The van der Waals surface area contributed by atoms with E-state index in [1.54, 1.807) is 26.2 Å². The number of amides is 1. The lowest BCUT2D eigenvalue weighted by atomic mass is 9.86. The molecule has 0 saturated carbocycles. The van der Waals surface area contributed by atoms with Crippen molar-refractivity contribution in [1.29, 1.82) is 0 Å². The van der Waals surface area contributed by atoms with Gasteiger partial charge in [-0.25, -0.2) is 4.79 Å². The lowest BCUT2D eigenvalue weighted by molar-refractivity contribution is 0.0526. The van der Waals surface area contributed by atoms with Gasteiger partial charge in [-0.05, 0) is 56.0 Å². The number of esters is 1. The Labute approximate surface area is 173 Å². The number of carbonyl (C=O) groups excluding carboxylic acids is 2. The van der Waals surface area contributed by atoms with Crippen molar-refractivity contribution in [1.82, 2.24) is 15.1 Å². The molecule has 2 N–H and O–H groups in total. The molecule has 1 aliphatic carbocycles. The minimum Gasteiger partial charge on any atom is -0.462 e. The molecule has 0 saturated heterocycles. The van der Waals surface area contributed by atoms with Crippen molar-refractivity contribution in [3.8, 4) is 0 Å². The van der Waals surface area contributed by atoms with Gasteiger partial charge in [0, 0.05) is 18.1 Å². The maximum Gasteiger partial charge on any atom is 0.341 e. The van der Waals surface area contributed by atoms with Crippen molar-refractivity contribution >= 4 is 45.5 Å². The summed E-state index contributed by atoms with van der Waals surface area (Å²) in [4.78, 5) is 26.1. The Morgan fingerprint density at radius 2 is 2.21 bits per heavy atom. The van der Waals surface area contributed by atoms with Crippen molar-refractivity contribution in [3.05, 3.63) is 34.0 Å². The number of nitrogens with zero attached hydrogens (tertiary/aromatic N) is 2. The summed E-state index contributed by atoms with van der Waals surface area (Å²) in [5.74, 6) is -0.0775. The number of carbonyl (C=O) groups is 2. The molecule has 2 aromatic heterocycles.